The third-order valence-electron chi connectivity index (χ3n) is 4.85. The van der Waals surface area contributed by atoms with Gasteiger partial charge < -0.3 is 14.5 Å². The predicted octanol–water partition coefficient (Wildman–Crippen LogP) is 4.25. The Hall–Kier alpha value is -2.11. The number of carbonyl (C=O) groups is 2. The van der Waals surface area contributed by atoms with Crippen LogP contribution in [0.3, 0.4) is 0 Å². The fourth-order valence-corrected chi connectivity index (χ4v) is 3.42. The summed E-state index contributed by atoms with van der Waals surface area (Å²) < 4.78 is 18.6. The van der Waals surface area contributed by atoms with E-state index in [2.05, 4.69) is 0 Å². The van der Waals surface area contributed by atoms with Crippen molar-refractivity contribution in [2.75, 3.05) is 19.6 Å². The molecule has 1 aliphatic rings. The Labute approximate surface area is 167 Å². The molecule has 1 aromatic rings. The molecule has 2 amide bonds. The van der Waals surface area contributed by atoms with E-state index in [1.807, 2.05) is 39.5 Å². The van der Waals surface area contributed by atoms with Crippen LogP contribution in [0.15, 0.2) is 24.3 Å². The zero-order chi connectivity index (χ0) is 20.9. The van der Waals surface area contributed by atoms with Crippen LogP contribution in [-0.4, -0.2) is 53.1 Å². The lowest BCUT2D eigenvalue weighted by molar-refractivity contribution is -0.132. The van der Waals surface area contributed by atoms with Crippen LogP contribution in [0.25, 0.3) is 0 Å². The van der Waals surface area contributed by atoms with Gasteiger partial charge in [-0.3, -0.25) is 4.79 Å². The molecule has 0 aliphatic carbocycles. The van der Waals surface area contributed by atoms with Gasteiger partial charge in [-0.1, -0.05) is 12.1 Å². The number of hydrogen-bond acceptors (Lipinski definition) is 3. The molecule has 0 bridgehead atoms. The standard InChI is InChI=1S/C22H33FN2O3/c1-16(2)25(21(27)28-22(3,4)5)15-18-7-6-12-24(14-18)20(26)13-17-8-10-19(23)11-9-17/h8-11,16,18H,6-7,12-15H2,1-5H3. The fraction of sp³-hybridized carbons (Fsp3) is 0.636. The topological polar surface area (TPSA) is 49.9 Å². The van der Waals surface area contributed by atoms with Gasteiger partial charge in [0.05, 0.1) is 6.42 Å². The maximum atomic E-state index is 13.0. The van der Waals surface area contributed by atoms with Crippen LogP contribution in [0, 0.1) is 11.7 Å². The van der Waals surface area contributed by atoms with E-state index in [1.165, 1.54) is 12.1 Å². The monoisotopic (exact) mass is 392 g/mol. The molecule has 156 valence electrons. The lowest BCUT2D eigenvalue weighted by Gasteiger charge is -2.37. The molecule has 1 saturated heterocycles. The summed E-state index contributed by atoms with van der Waals surface area (Å²) in [7, 11) is 0. The number of piperidine rings is 1. The summed E-state index contributed by atoms with van der Waals surface area (Å²) in [5.41, 5.74) is 0.277. The van der Waals surface area contributed by atoms with Crippen LogP contribution in [0.4, 0.5) is 9.18 Å². The van der Waals surface area contributed by atoms with Gasteiger partial charge in [0.2, 0.25) is 5.91 Å². The second kappa shape index (κ2) is 9.39. The van der Waals surface area contributed by atoms with Gasteiger partial charge in [0.1, 0.15) is 11.4 Å². The number of amides is 2. The Balaban J connectivity index is 1.96. The van der Waals surface area contributed by atoms with Crippen molar-refractivity contribution in [3.8, 4) is 0 Å². The number of ether oxygens (including phenoxy) is 1. The summed E-state index contributed by atoms with van der Waals surface area (Å²) in [4.78, 5) is 28.8. The van der Waals surface area contributed by atoms with Gasteiger partial charge in [0, 0.05) is 25.7 Å². The molecule has 5 nitrogen and oxygen atoms in total. The first-order valence-electron chi connectivity index (χ1n) is 10.1. The minimum Gasteiger partial charge on any atom is -0.444 e. The summed E-state index contributed by atoms with van der Waals surface area (Å²) in [6, 6.07) is 6.08. The van der Waals surface area contributed by atoms with Crippen molar-refractivity contribution in [2.24, 2.45) is 5.92 Å². The van der Waals surface area contributed by atoms with E-state index in [9.17, 15) is 14.0 Å². The van der Waals surface area contributed by atoms with Crippen molar-refractivity contribution in [2.45, 2.75) is 65.5 Å². The number of halogens is 1. The molecule has 28 heavy (non-hydrogen) atoms. The summed E-state index contributed by atoms with van der Waals surface area (Å²) in [5.74, 6) is -0.0318. The second-order valence-corrected chi connectivity index (χ2v) is 8.88. The molecular weight excluding hydrogens is 359 g/mol. The molecule has 2 rings (SSSR count). The Bertz CT molecular complexity index is 667. The maximum absolute atomic E-state index is 13.0. The number of carbonyl (C=O) groups excluding carboxylic acids is 2. The number of likely N-dealkylation sites (tertiary alicyclic amines) is 1. The normalized spacial score (nSPS) is 17.5. The fourth-order valence-electron chi connectivity index (χ4n) is 3.42. The van der Waals surface area contributed by atoms with E-state index in [4.69, 9.17) is 4.74 Å². The van der Waals surface area contributed by atoms with Gasteiger partial charge >= 0.3 is 6.09 Å². The van der Waals surface area contributed by atoms with Crippen LogP contribution < -0.4 is 0 Å². The van der Waals surface area contributed by atoms with Crippen molar-refractivity contribution in [3.63, 3.8) is 0 Å². The zero-order valence-corrected chi connectivity index (χ0v) is 17.7. The summed E-state index contributed by atoms with van der Waals surface area (Å²) >= 11 is 0. The average molecular weight is 393 g/mol. The molecule has 0 spiro atoms. The number of hydrogen-bond donors (Lipinski definition) is 0. The van der Waals surface area contributed by atoms with E-state index in [0.29, 0.717) is 13.1 Å². The third kappa shape index (κ3) is 6.80. The molecule has 1 atom stereocenters. The zero-order valence-electron chi connectivity index (χ0n) is 17.7. The van der Waals surface area contributed by atoms with Crippen LogP contribution in [0.1, 0.15) is 53.0 Å². The van der Waals surface area contributed by atoms with Crippen LogP contribution in [-0.2, 0) is 16.0 Å². The van der Waals surface area contributed by atoms with Crippen molar-refractivity contribution < 1.29 is 18.7 Å². The van der Waals surface area contributed by atoms with Gasteiger partial charge in [-0.15, -0.1) is 0 Å². The average Bonchev–Trinajstić information content (AvgIpc) is 2.60. The summed E-state index contributed by atoms with van der Waals surface area (Å²) in [5, 5.41) is 0. The van der Waals surface area contributed by atoms with E-state index < -0.39 is 5.60 Å². The molecule has 0 aromatic heterocycles. The highest BCUT2D eigenvalue weighted by atomic mass is 19.1. The predicted molar refractivity (Wildman–Crippen MR) is 107 cm³/mol. The Morgan fingerprint density at radius 1 is 1.25 bits per heavy atom. The van der Waals surface area contributed by atoms with Gasteiger partial charge in [-0.05, 0) is 71.1 Å². The SMILES string of the molecule is CC(C)N(CC1CCCN(C(=O)Cc2ccc(F)cc2)C1)C(=O)OC(C)(C)C. The molecular formula is C22H33FN2O3. The van der Waals surface area contributed by atoms with E-state index in [1.54, 1.807) is 17.0 Å². The van der Waals surface area contributed by atoms with E-state index >= 15 is 0 Å². The van der Waals surface area contributed by atoms with Crippen LogP contribution in [0.2, 0.25) is 0 Å². The number of rotatable bonds is 5. The molecule has 1 fully saturated rings. The van der Waals surface area contributed by atoms with Gasteiger partial charge in [0.25, 0.3) is 0 Å². The van der Waals surface area contributed by atoms with Gasteiger partial charge in [0.15, 0.2) is 0 Å². The molecule has 0 saturated carbocycles. The first-order valence-corrected chi connectivity index (χ1v) is 10.1. The van der Waals surface area contributed by atoms with E-state index in [-0.39, 0.29) is 36.2 Å². The largest absolute Gasteiger partial charge is 0.444 e. The van der Waals surface area contributed by atoms with Crippen molar-refractivity contribution >= 4 is 12.0 Å². The molecule has 1 aliphatic heterocycles. The maximum Gasteiger partial charge on any atom is 0.410 e. The second-order valence-electron chi connectivity index (χ2n) is 8.88. The van der Waals surface area contributed by atoms with Gasteiger partial charge in [-0.2, -0.15) is 0 Å². The molecule has 0 N–H and O–H groups in total. The molecule has 6 heteroatoms. The minimum atomic E-state index is -0.534. The summed E-state index contributed by atoms with van der Waals surface area (Å²) in [6.45, 7) is 11.5. The highest BCUT2D eigenvalue weighted by molar-refractivity contribution is 5.78. The third-order valence-corrected chi connectivity index (χ3v) is 4.85. The molecule has 0 radical (unpaired) electrons. The Morgan fingerprint density at radius 3 is 2.46 bits per heavy atom. The van der Waals surface area contributed by atoms with E-state index in [0.717, 1.165) is 24.9 Å². The van der Waals surface area contributed by atoms with Crippen LogP contribution >= 0.6 is 0 Å². The van der Waals surface area contributed by atoms with Crippen molar-refractivity contribution in [1.82, 2.24) is 9.80 Å². The quantitative estimate of drug-likeness (QED) is 0.753. The van der Waals surface area contributed by atoms with Crippen molar-refractivity contribution in [1.29, 1.82) is 0 Å². The Morgan fingerprint density at radius 2 is 1.89 bits per heavy atom. The highest BCUT2D eigenvalue weighted by Crippen LogP contribution is 2.21. The van der Waals surface area contributed by atoms with Crippen LogP contribution in [0.5, 0.6) is 0 Å². The molecule has 1 aromatic carbocycles. The lowest BCUT2D eigenvalue weighted by atomic mass is 9.96. The molecule has 1 unspecified atom stereocenters. The first-order chi connectivity index (χ1) is 13.0. The first kappa shape index (κ1) is 22.2. The summed E-state index contributed by atoms with van der Waals surface area (Å²) in [6.07, 6.45) is 1.86. The highest BCUT2D eigenvalue weighted by Gasteiger charge is 2.30. The Kier molecular flexibility index (Phi) is 7.44. The minimum absolute atomic E-state index is 0.0279. The number of nitrogens with zero attached hydrogens (tertiary/aromatic N) is 2. The number of benzene rings is 1. The van der Waals surface area contributed by atoms with Crippen molar-refractivity contribution in [3.05, 3.63) is 35.6 Å². The molecule has 1 heterocycles. The van der Waals surface area contributed by atoms with Gasteiger partial charge in [-0.25, -0.2) is 9.18 Å². The lowest BCUT2D eigenvalue weighted by Crippen LogP contribution is -2.48. The smallest absolute Gasteiger partial charge is 0.410 e.